The minimum Gasteiger partial charge on any atom is -0.449 e. The standard InChI is InChI=1S/C20H20N4O2/c1-4-26-20(25)24-17-8-6-5-7-16(17)18(13(2)3)19(24)14-9-10-15-11-21-22-23(15)12-14/h5-13H,4H2,1-3H3. The van der Waals surface area contributed by atoms with Crippen LogP contribution < -0.4 is 0 Å². The molecule has 0 radical (unpaired) electrons. The molecule has 0 saturated carbocycles. The summed E-state index contributed by atoms with van der Waals surface area (Å²) in [5.74, 6) is 0.233. The Kier molecular flexibility index (Phi) is 3.95. The van der Waals surface area contributed by atoms with Crippen LogP contribution in [0.15, 0.2) is 48.8 Å². The van der Waals surface area contributed by atoms with Crippen molar-refractivity contribution in [2.75, 3.05) is 6.61 Å². The quantitative estimate of drug-likeness (QED) is 0.548. The largest absolute Gasteiger partial charge is 0.449 e. The Morgan fingerprint density at radius 2 is 2.00 bits per heavy atom. The number of hydrogen-bond acceptors (Lipinski definition) is 4. The lowest BCUT2D eigenvalue weighted by molar-refractivity contribution is 0.155. The lowest BCUT2D eigenvalue weighted by Gasteiger charge is -2.13. The van der Waals surface area contributed by atoms with Crippen molar-refractivity contribution in [1.82, 2.24) is 19.4 Å². The third kappa shape index (κ3) is 2.45. The molecular formula is C20H20N4O2. The molecule has 6 nitrogen and oxygen atoms in total. The van der Waals surface area contributed by atoms with Crippen LogP contribution in [0.4, 0.5) is 4.79 Å². The van der Waals surface area contributed by atoms with Gasteiger partial charge < -0.3 is 4.74 Å². The van der Waals surface area contributed by atoms with E-state index < -0.39 is 0 Å². The summed E-state index contributed by atoms with van der Waals surface area (Å²) in [5.41, 5.74) is 4.61. The zero-order valence-corrected chi connectivity index (χ0v) is 15.0. The van der Waals surface area contributed by atoms with Crippen molar-refractivity contribution in [1.29, 1.82) is 0 Å². The fourth-order valence-electron chi connectivity index (χ4n) is 3.47. The zero-order chi connectivity index (χ0) is 18.3. The third-order valence-corrected chi connectivity index (χ3v) is 4.51. The van der Waals surface area contributed by atoms with Crippen LogP contribution in [-0.4, -0.2) is 32.1 Å². The molecule has 0 bridgehead atoms. The van der Waals surface area contributed by atoms with E-state index in [2.05, 4.69) is 30.2 Å². The minimum absolute atomic E-state index is 0.233. The number of benzene rings is 1. The van der Waals surface area contributed by atoms with Gasteiger partial charge in [-0.05, 0) is 36.6 Å². The van der Waals surface area contributed by atoms with Gasteiger partial charge in [0.1, 0.15) is 0 Å². The van der Waals surface area contributed by atoms with Gasteiger partial charge in [0.25, 0.3) is 0 Å². The fraction of sp³-hybridized carbons (Fsp3) is 0.250. The van der Waals surface area contributed by atoms with E-state index in [-0.39, 0.29) is 12.0 Å². The third-order valence-electron chi connectivity index (χ3n) is 4.51. The van der Waals surface area contributed by atoms with Gasteiger partial charge in [-0.25, -0.2) is 13.9 Å². The van der Waals surface area contributed by atoms with Crippen LogP contribution in [0.1, 0.15) is 32.3 Å². The summed E-state index contributed by atoms with van der Waals surface area (Å²) in [5, 5.41) is 9.08. The molecule has 6 heteroatoms. The lowest BCUT2D eigenvalue weighted by Crippen LogP contribution is -2.15. The maximum absolute atomic E-state index is 12.8. The van der Waals surface area contributed by atoms with E-state index >= 15 is 0 Å². The average Bonchev–Trinajstić information content (AvgIpc) is 3.23. The highest BCUT2D eigenvalue weighted by atomic mass is 16.5. The van der Waals surface area contributed by atoms with Gasteiger partial charge in [-0.1, -0.05) is 37.3 Å². The van der Waals surface area contributed by atoms with Crippen LogP contribution in [0.5, 0.6) is 0 Å². The fourth-order valence-corrected chi connectivity index (χ4v) is 3.47. The molecule has 0 fully saturated rings. The van der Waals surface area contributed by atoms with Crippen molar-refractivity contribution in [3.63, 3.8) is 0 Å². The molecule has 0 aliphatic carbocycles. The molecule has 0 aliphatic heterocycles. The Hall–Kier alpha value is -3.15. The van der Waals surface area contributed by atoms with Crippen molar-refractivity contribution < 1.29 is 9.53 Å². The number of ether oxygens (including phenoxy) is 1. The van der Waals surface area contributed by atoms with Crippen LogP contribution in [0, 0.1) is 0 Å². The molecule has 0 aliphatic rings. The number of para-hydroxylation sites is 1. The van der Waals surface area contributed by atoms with E-state index in [0.717, 1.165) is 33.2 Å². The number of aromatic nitrogens is 4. The Morgan fingerprint density at radius 1 is 1.19 bits per heavy atom. The smallest absolute Gasteiger partial charge is 0.418 e. The van der Waals surface area contributed by atoms with E-state index in [9.17, 15) is 4.79 Å². The SMILES string of the molecule is CCOC(=O)n1c(-c2ccc3cnnn3c2)c(C(C)C)c2ccccc21. The summed E-state index contributed by atoms with van der Waals surface area (Å²) in [6.45, 7) is 6.40. The molecule has 0 N–H and O–H groups in total. The van der Waals surface area contributed by atoms with Gasteiger partial charge in [0.05, 0.1) is 29.5 Å². The van der Waals surface area contributed by atoms with Crippen molar-refractivity contribution in [2.24, 2.45) is 0 Å². The lowest BCUT2D eigenvalue weighted by atomic mass is 9.96. The number of carbonyl (C=O) groups excluding carboxylic acids is 1. The second-order valence-electron chi connectivity index (χ2n) is 6.49. The molecule has 0 spiro atoms. The highest BCUT2D eigenvalue weighted by Crippen LogP contribution is 2.38. The van der Waals surface area contributed by atoms with Crippen molar-refractivity contribution in [3.05, 3.63) is 54.4 Å². The first-order valence-corrected chi connectivity index (χ1v) is 8.72. The Labute approximate surface area is 151 Å². The summed E-state index contributed by atoms with van der Waals surface area (Å²) in [7, 11) is 0. The molecular weight excluding hydrogens is 328 g/mol. The van der Waals surface area contributed by atoms with Crippen molar-refractivity contribution >= 4 is 22.5 Å². The molecule has 1 aromatic carbocycles. The first-order chi connectivity index (χ1) is 12.6. The summed E-state index contributed by atoms with van der Waals surface area (Å²) >= 11 is 0. The maximum atomic E-state index is 12.8. The van der Waals surface area contributed by atoms with Crippen molar-refractivity contribution in [2.45, 2.75) is 26.7 Å². The monoisotopic (exact) mass is 348 g/mol. The molecule has 3 heterocycles. The van der Waals surface area contributed by atoms with Gasteiger partial charge in [0, 0.05) is 17.1 Å². The first kappa shape index (κ1) is 16.3. The highest BCUT2D eigenvalue weighted by molar-refractivity contribution is 5.99. The van der Waals surface area contributed by atoms with Gasteiger partial charge in [-0.15, -0.1) is 5.10 Å². The Morgan fingerprint density at radius 3 is 2.77 bits per heavy atom. The van der Waals surface area contributed by atoms with Gasteiger partial charge in [-0.2, -0.15) is 0 Å². The van der Waals surface area contributed by atoms with Crippen LogP contribution in [0.25, 0.3) is 27.7 Å². The molecule has 0 saturated heterocycles. The molecule has 26 heavy (non-hydrogen) atoms. The highest BCUT2D eigenvalue weighted by Gasteiger charge is 2.25. The van der Waals surface area contributed by atoms with Gasteiger partial charge in [0.15, 0.2) is 0 Å². The predicted molar refractivity (Wildman–Crippen MR) is 100 cm³/mol. The molecule has 0 atom stereocenters. The molecule has 4 rings (SSSR count). The van der Waals surface area contributed by atoms with E-state index in [4.69, 9.17) is 4.74 Å². The predicted octanol–water partition coefficient (Wildman–Crippen LogP) is 4.48. The zero-order valence-electron chi connectivity index (χ0n) is 15.0. The van der Waals surface area contributed by atoms with Gasteiger partial charge in [0.2, 0.25) is 0 Å². The van der Waals surface area contributed by atoms with Crippen LogP contribution in [0.3, 0.4) is 0 Å². The second-order valence-corrected chi connectivity index (χ2v) is 6.49. The summed E-state index contributed by atoms with van der Waals surface area (Å²) in [4.78, 5) is 12.8. The molecule has 0 unspecified atom stereocenters. The summed E-state index contributed by atoms with van der Waals surface area (Å²) in [6, 6.07) is 11.9. The molecule has 0 amide bonds. The number of pyridine rings is 1. The van der Waals surface area contributed by atoms with Crippen LogP contribution >= 0.6 is 0 Å². The van der Waals surface area contributed by atoms with Crippen LogP contribution in [0.2, 0.25) is 0 Å². The van der Waals surface area contributed by atoms with E-state index in [0.29, 0.717) is 6.61 Å². The first-order valence-electron chi connectivity index (χ1n) is 8.72. The summed E-state index contributed by atoms with van der Waals surface area (Å²) in [6.07, 6.45) is 3.23. The van der Waals surface area contributed by atoms with Crippen LogP contribution in [-0.2, 0) is 4.74 Å². The molecule has 4 aromatic rings. The number of fused-ring (bicyclic) bond motifs is 2. The Bertz CT molecular complexity index is 1110. The maximum Gasteiger partial charge on any atom is 0.418 e. The number of hydrogen-bond donors (Lipinski definition) is 0. The summed E-state index contributed by atoms with van der Waals surface area (Å²) < 4.78 is 8.74. The number of carbonyl (C=O) groups is 1. The Balaban J connectivity index is 2.09. The van der Waals surface area contributed by atoms with E-state index in [1.807, 2.05) is 43.5 Å². The molecule has 3 aromatic heterocycles. The van der Waals surface area contributed by atoms with Crippen molar-refractivity contribution in [3.8, 4) is 11.3 Å². The number of rotatable bonds is 3. The van der Waals surface area contributed by atoms with Gasteiger partial charge in [-0.3, -0.25) is 0 Å². The topological polar surface area (TPSA) is 61.4 Å². The van der Waals surface area contributed by atoms with Gasteiger partial charge >= 0.3 is 6.09 Å². The normalized spacial score (nSPS) is 11.5. The average molecular weight is 348 g/mol. The van der Waals surface area contributed by atoms with E-state index in [1.165, 1.54) is 0 Å². The molecule has 132 valence electrons. The minimum atomic E-state index is -0.371. The van der Waals surface area contributed by atoms with E-state index in [1.54, 1.807) is 15.3 Å². The second kappa shape index (κ2) is 6.29. The number of nitrogens with zero attached hydrogens (tertiary/aromatic N) is 4.